The number of pyridine rings is 1. The SMILES string of the molecule is C=O.C=O.N#Cc1ccc(CN(Cc2ccccn2)c2ccc(Cl)cc2F)cc1. The molecule has 0 saturated carbocycles. The minimum atomic E-state index is -0.378. The van der Waals surface area contributed by atoms with Crippen LogP contribution in [0.15, 0.2) is 66.9 Å². The highest BCUT2D eigenvalue weighted by molar-refractivity contribution is 6.30. The summed E-state index contributed by atoms with van der Waals surface area (Å²) in [5.74, 6) is -0.378. The Kier molecular flexibility index (Phi) is 10.3. The van der Waals surface area contributed by atoms with Gasteiger partial charge < -0.3 is 14.5 Å². The second-order valence-electron chi connectivity index (χ2n) is 5.58. The number of hydrogen-bond donors (Lipinski definition) is 0. The number of anilines is 1. The van der Waals surface area contributed by atoms with Crippen LogP contribution in [0.4, 0.5) is 10.1 Å². The van der Waals surface area contributed by atoms with Crippen LogP contribution in [0.3, 0.4) is 0 Å². The predicted molar refractivity (Wildman–Crippen MR) is 111 cm³/mol. The first-order valence-corrected chi connectivity index (χ1v) is 8.70. The summed E-state index contributed by atoms with van der Waals surface area (Å²) >= 11 is 5.87. The molecule has 0 N–H and O–H groups in total. The van der Waals surface area contributed by atoms with Gasteiger partial charge in [0.15, 0.2) is 0 Å². The van der Waals surface area contributed by atoms with Crippen LogP contribution in [0.5, 0.6) is 0 Å². The summed E-state index contributed by atoms with van der Waals surface area (Å²) in [6.45, 7) is 4.94. The summed E-state index contributed by atoms with van der Waals surface area (Å²) < 4.78 is 14.4. The van der Waals surface area contributed by atoms with Crippen molar-refractivity contribution in [2.45, 2.75) is 13.1 Å². The molecular formula is C22H19ClFN3O2. The van der Waals surface area contributed by atoms with Gasteiger partial charge in [0.1, 0.15) is 19.4 Å². The Morgan fingerprint density at radius 2 is 1.69 bits per heavy atom. The number of nitrogens with zero attached hydrogens (tertiary/aromatic N) is 3. The Hall–Kier alpha value is -3.56. The molecule has 3 aromatic rings. The van der Waals surface area contributed by atoms with E-state index in [0.717, 1.165) is 11.3 Å². The molecule has 148 valence electrons. The van der Waals surface area contributed by atoms with E-state index in [4.69, 9.17) is 26.5 Å². The smallest absolute Gasteiger partial charge is 0.147 e. The molecule has 0 unspecified atom stereocenters. The fraction of sp³-hybridized carbons (Fsp3) is 0.0909. The summed E-state index contributed by atoms with van der Waals surface area (Å²) in [7, 11) is 0. The third-order valence-corrected chi connectivity index (χ3v) is 4.02. The van der Waals surface area contributed by atoms with Crippen molar-refractivity contribution < 1.29 is 14.0 Å². The first-order valence-electron chi connectivity index (χ1n) is 8.32. The van der Waals surface area contributed by atoms with Crippen molar-refractivity contribution in [3.05, 3.63) is 94.5 Å². The molecule has 0 aliphatic heterocycles. The van der Waals surface area contributed by atoms with Gasteiger partial charge in [-0.05, 0) is 48.0 Å². The number of benzene rings is 2. The van der Waals surface area contributed by atoms with Gasteiger partial charge in [0.05, 0.1) is 29.6 Å². The fourth-order valence-electron chi connectivity index (χ4n) is 2.56. The lowest BCUT2D eigenvalue weighted by atomic mass is 10.1. The van der Waals surface area contributed by atoms with Gasteiger partial charge >= 0.3 is 0 Å². The molecular weight excluding hydrogens is 393 g/mol. The average molecular weight is 412 g/mol. The number of rotatable bonds is 5. The molecule has 0 fully saturated rings. The van der Waals surface area contributed by atoms with Gasteiger partial charge in [0.2, 0.25) is 0 Å². The van der Waals surface area contributed by atoms with Crippen LogP contribution in [0, 0.1) is 17.1 Å². The molecule has 29 heavy (non-hydrogen) atoms. The Morgan fingerprint density at radius 1 is 1.00 bits per heavy atom. The molecule has 0 aliphatic carbocycles. The van der Waals surface area contributed by atoms with Crippen molar-refractivity contribution in [1.29, 1.82) is 5.26 Å². The molecule has 5 nitrogen and oxygen atoms in total. The number of carbonyl (C=O) groups excluding carboxylic acids is 2. The van der Waals surface area contributed by atoms with Gasteiger partial charge in [-0.25, -0.2) is 4.39 Å². The molecule has 0 bridgehead atoms. The molecule has 0 saturated heterocycles. The largest absolute Gasteiger partial charge is 0.359 e. The van der Waals surface area contributed by atoms with Crippen molar-refractivity contribution in [3.63, 3.8) is 0 Å². The summed E-state index contributed by atoms with van der Waals surface area (Å²) in [5, 5.41) is 9.27. The lowest BCUT2D eigenvalue weighted by Gasteiger charge is -2.25. The van der Waals surface area contributed by atoms with E-state index in [-0.39, 0.29) is 5.82 Å². The van der Waals surface area contributed by atoms with Crippen LogP contribution in [-0.2, 0) is 22.7 Å². The second-order valence-corrected chi connectivity index (χ2v) is 6.02. The first-order chi connectivity index (χ1) is 14.2. The topological polar surface area (TPSA) is 74.1 Å². The third kappa shape index (κ3) is 7.17. The zero-order valence-corrected chi connectivity index (χ0v) is 16.3. The summed E-state index contributed by atoms with van der Waals surface area (Å²) in [6.07, 6.45) is 1.72. The summed E-state index contributed by atoms with van der Waals surface area (Å²) in [5.41, 5.74) is 2.87. The van der Waals surface area contributed by atoms with Crippen molar-refractivity contribution in [2.24, 2.45) is 0 Å². The molecule has 0 spiro atoms. The van der Waals surface area contributed by atoms with Crippen LogP contribution < -0.4 is 4.90 Å². The van der Waals surface area contributed by atoms with E-state index in [2.05, 4.69) is 11.1 Å². The molecule has 1 aromatic heterocycles. The van der Waals surface area contributed by atoms with Crippen LogP contribution >= 0.6 is 11.6 Å². The maximum Gasteiger partial charge on any atom is 0.147 e. The van der Waals surface area contributed by atoms with Gasteiger partial charge in [-0.15, -0.1) is 0 Å². The Balaban J connectivity index is 0.000000989. The lowest BCUT2D eigenvalue weighted by Crippen LogP contribution is -2.23. The summed E-state index contributed by atoms with van der Waals surface area (Å²) in [4.78, 5) is 22.2. The number of carbonyl (C=O) groups is 2. The minimum absolute atomic E-state index is 0.359. The standard InChI is InChI=1S/C20H15ClFN3.2CH2O/c21-17-8-9-20(19(22)11-17)25(14-18-3-1-2-10-24-18)13-16-6-4-15(12-23)5-7-16;2*1-2/h1-11H,13-14H2;2*1H2. The molecule has 0 aliphatic rings. The van der Waals surface area contributed by atoms with Crippen LogP contribution in [-0.4, -0.2) is 18.6 Å². The predicted octanol–water partition coefficient (Wildman–Crippen LogP) is 4.58. The monoisotopic (exact) mass is 411 g/mol. The van der Waals surface area contributed by atoms with E-state index in [9.17, 15) is 4.39 Å². The highest BCUT2D eigenvalue weighted by Crippen LogP contribution is 2.26. The van der Waals surface area contributed by atoms with Crippen LogP contribution in [0.25, 0.3) is 0 Å². The quantitative estimate of drug-likeness (QED) is 0.614. The highest BCUT2D eigenvalue weighted by atomic mass is 35.5. The zero-order valence-electron chi connectivity index (χ0n) is 15.6. The lowest BCUT2D eigenvalue weighted by molar-refractivity contribution is -0.0987. The third-order valence-electron chi connectivity index (χ3n) is 3.79. The van der Waals surface area contributed by atoms with E-state index in [1.165, 1.54) is 6.07 Å². The van der Waals surface area contributed by atoms with Crippen molar-refractivity contribution in [1.82, 2.24) is 4.98 Å². The van der Waals surface area contributed by atoms with Crippen molar-refractivity contribution in [3.8, 4) is 6.07 Å². The van der Waals surface area contributed by atoms with E-state index < -0.39 is 0 Å². The number of aromatic nitrogens is 1. The molecule has 0 atom stereocenters. The normalized spacial score (nSPS) is 9.14. The number of hydrogen-bond acceptors (Lipinski definition) is 5. The van der Waals surface area contributed by atoms with E-state index in [0.29, 0.717) is 29.4 Å². The molecule has 3 rings (SSSR count). The Bertz CT molecular complexity index is 929. The van der Waals surface area contributed by atoms with Crippen LogP contribution in [0.2, 0.25) is 5.02 Å². The van der Waals surface area contributed by atoms with Gasteiger partial charge in [0.25, 0.3) is 0 Å². The van der Waals surface area contributed by atoms with E-state index in [1.807, 2.05) is 48.8 Å². The second kappa shape index (κ2) is 12.8. The van der Waals surface area contributed by atoms with E-state index >= 15 is 0 Å². The van der Waals surface area contributed by atoms with Crippen molar-refractivity contribution >= 4 is 30.9 Å². The number of halogens is 2. The maximum atomic E-state index is 14.4. The maximum absolute atomic E-state index is 14.4. The molecule has 1 heterocycles. The Labute approximate surface area is 174 Å². The fourth-order valence-corrected chi connectivity index (χ4v) is 2.72. The summed E-state index contributed by atoms with van der Waals surface area (Å²) in [6, 6.07) is 19.7. The zero-order chi connectivity index (χ0) is 21.6. The van der Waals surface area contributed by atoms with Gasteiger partial charge in [-0.2, -0.15) is 5.26 Å². The molecule has 0 amide bonds. The van der Waals surface area contributed by atoms with Gasteiger partial charge in [-0.1, -0.05) is 29.8 Å². The molecule has 7 heteroatoms. The van der Waals surface area contributed by atoms with Gasteiger partial charge in [0, 0.05) is 17.8 Å². The average Bonchev–Trinajstić information content (AvgIpc) is 2.77. The van der Waals surface area contributed by atoms with Gasteiger partial charge in [-0.3, -0.25) is 4.98 Å². The Morgan fingerprint density at radius 3 is 2.24 bits per heavy atom. The van der Waals surface area contributed by atoms with Crippen LogP contribution in [0.1, 0.15) is 16.8 Å². The van der Waals surface area contributed by atoms with Crippen molar-refractivity contribution in [2.75, 3.05) is 4.90 Å². The molecule has 2 aromatic carbocycles. The van der Waals surface area contributed by atoms with E-state index in [1.54, 1.807) is 30.5 Å². The minimum Gasteiger partial charge on any atom is -0.359 e. The number of nitriles is 1. The first kappa shape index (κ1) is 23.5. The highest BCUT2D eigenvalue weighted by Gasteiger charge is 2.14. The molecule has 0 radical (unpaired) electrons.